The van der Waals surface area contributed by atoms with Gasteiger partial charge in [0, 0.05) is 42.9 Å². The molecule has 2 fully saturated rings. The number of nitrogens with zero attached hydrogens (tertiary/aromatic N) is 1. The van der Waals surface area contributed by atoms with Crippen LogP contribution in [-0.2, 0) is 36.8 Å². The summed E-state index contributed by atoms with van der Waals surface area (Å²) in [5.74, 6) is -1.11. The fourth-order valence-electron chi connectivity index (χ4n) is 8.56. The van der Waals surface area contributed by atoms with Crippen molar-refractivity contribution in [2.75, 3.05) is 48.6 Å². The van der Waals surface area contributed by atoms with Crippen molar-refractivity contribution in [3.63, 3.8) is 0 Å². The second kappa shape index (κ2) is 15.5. The van der Waals surface area contributed by atoms with Crippen LogP contribution in [0.25, 0.3) is 10.9 Å². The standard InChI is InChI=1S/C40H44N2O12/c1-47-25-9-10-26-27-11-12-42-19-23-16-33(37(50-4)34(39(45)51-5)28(23)18-30(42)35(27)41-29(26)17-25)53-38(44)22-14-31(48-2)36(32(15-22)49-3)54-40(46)52-20-21-7-6-8-24(43)13-21/h6-10,13-15,17,23,28,30,33-34,37,41,43H,11-12,16,18-20H2,1-5H3/t23-,28+,30-,33-,34+,37+/m1/s1. The van der Waals surface area contributed by atoms with E-state index in [1.165, 1.54) is 63.7 Å². The molecule has 3 aromatic carbocycles. The molecule has 0 bridgehead atoms. The molecular formula is C40H44N2O12. The average Bonchev–Trinajstić information content (AvgIpc) is 3.56. The SMILES string of the molecule is COC(=O)[C@H]1[C@H]2C[C@@H]3c4[nH]c5cc(OC)ccc5c4CCN3C[C@H]2C[C@@H](OC(=O)c2cc(OC)c(OC(=O)OCc3cccc(O)c3)c(OC)c2)[C@@H]1OC. The third kappa shape index (κ3) is 6.98. The molecule has 0 radical (unpaired) electrons. The monoisotopic (exact) mass is 744 g/mol. The number of rotatable bonds is 10. The van der Waals surface area contributed by atoms with E-state index in [0.717, 1.165) is 29.9 Å². The number of carbonyl (C=O) groups is 3. The number of ether oxygens (including phenoxy) is 8. The number of hydrogen-bond acceptors (Lipinski definition) is 13. The maximum atomic E-state index is 13.9. The van der Waals surface area contributed by atoms with Gasteiger partial charge in [0.05, 0.1) is 46.0 Å². The van der Waals surface area contributed by atoms with Crippen molar-refractivity contribution in [2.45, 2.75) is 44.1 Å². The van der Waals surface area contributed by atoms with Gasteiger partial charge in [0.2, 0.25) is 5.75 Å². The molecule has 0 amide bonds. The van der Waals surface area contributed by atoms with Crippen LogP contribution in [0.4, 0.5) is 4.79 Å². The molecule has 3 heterocycles. The molecule has 2 N–H and O–H groups in total. The third-order valence-corrected chi connectivity index (χ3v) is 11.0. The number of benzene rings is 3. The Kier molecular flexibility index (Phi) is 10.6. The first-order chi connectivity index (χ1) is 26.2. The van der Waals surface area contributed by atoms with E-state index in [1.54, 1.807) is 19.2 Å². The Morgan fingerprint density at radius 1 is 0.926 bits per heavy atom. The Labute approximate surface area is 312 Å². The van der Waals surface area contributed by atoms with E-state index in [4.69, 9.17) is 37.9 Å². The minimum absolute atomic E-state index is 0.0197. The van der Waals surface area contributed by atoms with Crippen LogP contribution in [0.5, 0.6) is 28.7 Å². The average molecular weight is 745 g/mol. The molecule has 1 aliphatic carbocycles. The number of H-pyrrole nitrogens is 1. The maximum absolute atomic E-state index is 13.9. The zero-order chi connectivity index (χ0) is 38.1. The molecule has 2 aliphatic heterocycles. The molecule has 1 aromatic heterocycles. The maximum Gasteiger partial charge on any atom is 0.514 e. The van der Waals surface area contributed by atoms with Gasteiger partial charge in [-0.1, -0.05) is 12.1 Å². The van der Waals surface area contributed by atoms with Crippen LogP contribution in [0.15, 0.2) is 54.6 Å². The number of piperidine rings is 1. The minimum atomic E-state index is -1.05. The van der Waals surface area contributed by atoms with Crippen LogP contribution in [0.3, 0.4) is 0 Å². The summed E-state index contributed by atoms with van der Waals surface area (Å²) in [4.78, 5) is 46.2. The molecule has 14 nitrogen and oxygen atoms in total. The fraction of sp³-hybridized carbons (Fsp3) is 0.425. The first-order valence-electron chi connectivity index (χ1n) is 17.8. The molecule has 0 spiro atoms. The summed E-state index contributed by atoms with van der Waals surface area (Å²) in [6.45, 7) is 1.41. The van der Waals surface area contributed by atoms with Gasteiger partial charge in [0.1, 0.15) is 30.3 Å². The minimum Gasteiger partial charge on any atom is -0.508 e. The van der Waals surface area contributed by atoms with Crippen LogP contribution in [0.1, 0.15) is 46.1 Å². The van der Waals surface area contributed by atoms with Crippen LogP contribution in [-0.4, -0.2) is 93.9 Å². The highest BCUT2D eigenvalue weighted by molar-refractivity contribution is 5.92. The lowest BCUT2D eigenvalue weighted by molar-refractivity contribution is -0.176. The Bertz CT molecular complexity index is 2020. The molecule has 1 saturated heterocycles. The molecule has 0 unspecified atom stereocenters. The van der Waals surface area contributed by atoms with Crippen molar-refractivity contribution < 1.29 is 57.4 Å². The Balaban J connectivity index is 1.10. The van der Waals surface area contributed by atoms with Gasteiger partial charge in [-0.15, -0.1) is 0 Å². The molecule has 6 atom stereocenters. The predicted molar refractivity (Wildman–Crippen MR) is 193 cm³/mol. The lowest BCUT2D eigenvalue weighted by Gasteiger charge is -2.52. The highest BCUT2D eigenvalue weighted by atomic mass is 16.7. The van der Waals surface area contributed by atoms with Crippen LogP contribution >= 0.6 is 0 Å². The number of phenols is 1. The van der Waals surface area contributed by atoms with Crippen LogP contribution in [0, 0.1) is 17.8 Å². The first kappa shape index (κ1) is 36.9. The fourth-order valence-corrected chi connectivity index (χ4v) is 8.56. The Hall–Kier alpha value is -5.47. The molecule has 1 saturated carbocycles. The van der Waals surface area contributed by atoms with Crippen molar-refractivity contribution in [2.24, 2.45) is 17.8 Å². The molecule has 14 heteroatoms. The number of phenolic OH excluding ortho intramolecular Hbond substituents is 1. The molecular weight excluding hydrogens is 700 g/mol. The van der Waals surface area contributed by atoms with Crippen molar-refractivity contribution in [3.8, 4) is 28.7 Å². The molecule has 7 rings (SSSR count). The van der Waals surface area contributed by atoms with Gasteiger partial charge >= 0.3 is 18.1 Å². The Morgan fingerprint density at radius 2 is 1.70 bits per heavy atom. The number of hydrogen-bond donors (Lipinski definition) is 2. The lowest BCUT2D eigenvalue weighted by atomic mass is 9.63. The van der Waals surface area contributed by atoms with Gasteiger partial charge in [0.25, 0.3) is 0 Å². The lowest BCUT2D eigenvalue weighted by Crippen LogP contribution is -2.58. The van der Waals surface area contributed by atoms with E-state index >= 15 is 0 Å². The predicted octanol–water partition coefficient (Wildman–Crippen LogP) is 5.58. The highest BCUT2D eigenvalue weighted by Crippen LogP contribution is 2.51. The number of fused-ring (bicyclic) bond motifs is 6. The highest BCUT2D eigenvalue weighted by Gasteiger charge is 2.54. The van der Waals surface area contributed by atoms with Gasteiger partial charge < -0.3 is 48.0 Å². The summed E-state index contributed by atoms with van der Waals surface area (Å²) in [6, 6.07) is 15.2. The van der Waals surface area contributed by atoms with Crippen molar-refractivity contribution in [1.29, 1.82) is 0 Å². The van der Waals surface area contributed by atoms with E-state index in [9.17, 15) is 19.5 Å². The summed E-state index contributed by atoms with van der Waals surface area (Å²) in [5.41, 5.74) is 4.10. The van der Waals surface area contributed by atoms with Crippen LogP contribution in [0.2, 0.25) is 0 Å². The number of aromatic hydroxyl groups is 1. The van der Waals surface area contributed by atoms with E-state index in [1.807, 2.05) is 12.1 Å². The summed E-state index contributed by atoms with van der Waals surface area (Å²) >= 11 is 0. The molecule has 4 aromatic rings. The zero-order valence-electron chi connectivity index (χ0n) is 30.8. The number of carbonyl (C=O) groups excluding carboxylic acids is 3. The number of nitrogens with one attached hydrogen (secondary N) is 1. The number of esters is 2. The zero-order valence-corrected chi connectivity index (χ0v) is 30.8. The quantitative estimate of drug-likeness (QED) is 0.118. The molecule has 54 heavy (non-hydrogen) atoms. The summed E-state index contributed by atoms with van der Waals surface area (Å²) < 4.78 is 44.5. The third-order valence-electron chi connectivity index (χ3n) is 11.0. The van der Waals surface area contributed by atoms with Crippen LogP contribution < -0.4 is 18.9 Å². The number of aromatic amines is 1. The Morgan fingerprint density at radius 3 is 2.39 bits per heavy atom. The van der Waals surface area contributed by atoms with E-state index < -0.39 is 36.2 Å². The van der Waals surface area contributed by atoms with Gasteiger partial charge in [-0.05, 0) is 78.6 Å². The van der Waals surface area contributed by atoms with Crippen molar-refractivity contribution in [3.05, 3.63) is 77.0 Å². The molecule has 286 valence electrons. The summed E-state index contributed by atoms with van der Waals surface area (Å²) in [6.07, 6.45) is -0.532. The largest absolute Gasteiger partial charge is 0.514 e. The number of methoxy groups -OCH3 is 5. The second-order valence-electron chi connectivity index (χ2n) is 13.8. The van der Waals surface area contributed by atoms with E-state index in [0.29, 0.717) is 24.9 Å². The molecule has 3 aliphatic rings. The first-order valence-corrected chi connectivity index (χ1v) is 17.8. The summed E-state index contributed by atoms with van der Waals surface area (Å²) in [7, 11) is 7.24. The van der Waals surface area contributed by atoms with Crippen molar-refractivity contribution >= 4 is 29.0 Å². The summed E-state index contributed by atoms with van der Waals surface area (Å²) in [5, 5.41) is 10.9. The van der Waals surface area contributed by atoms with Gasteiger partial charge in [-0.25, -0.2) is 9.59 Å². The number of aromatic nitrogens is 1. The normalized spacial score (nSPS) is 23.3. The topological polar surface area (TPSA) is 164 Å². The van der Waals surface area contributed by atoms with Gasteiger partial charge in [-0.2, -0.15) is 0 Å². The smallest absolute Gasteiger partial charge is 0.508 e. The van der Waals surface area contributed by atoms with Gasteiger partial charge in [-0.3, -0.25) is 9.69 Å². The van der Waals surface area contributed by atoms with Gasteiger partial charge in [0.15, 0.2) is 11.5 Å². The van der Waals surface area contributed by atoms with E-state index in [-0.39, 0.29) is 53.0 Å². The van der Waals surface area contributed by atoms with E-state index in [2.05, 4.69) is 16.0 Å². The van der Waals surface area contributed by atoms with Crippen molar-refractivity contribution in [1.82, 2.24) is 9.88 Å². The second-order valence-corrected chi connectivity index (χ2v) is 13.8.